The summed E-state index contributed by atoms with van der Waals surface area (Å²) in [5.74, 6) is 1.30. The zero-order chi connectivity index (χ0) is 10.7. The molecule has 1 aliphatic carbocycles. The smallest absolute Gasteiger partial charge is 0.0764 e. The SMILES string of the molecule is C=C/C(=C(\C=C)C(C)C1CC1)C(C)O. The third-order valence-corrected chi connectivity index (χ3v) is 3.04. The van der Waals surface area contributed by atoms with Gasteiger partial charge in [0, 0.05) is 0 Å². The van der Waals surface area contributed by atoms with Gasteiger partial charge >= 0.3 is 0 Å². The van der Waals surface area contributed by atoms with E-state index in [1.807, 2.05) is 6.08 Å². The lowest BCUT2D eigenvalue weighted by Crippen LogP contribution is -2.10. The zero-order valence-corrected chi connectivity index (χ0v) is 9.16. The molecular formula is C13H20O. The average Bonchev–Trinajstić information content (AvgIpc) is 2.95. The summed E-state index contributed by atoms with van der Waals surface area (Å²) in [6.45, 7) is 11.6. The highest BCUT2D eigenvalue weighted by atomic mass is 16.3. The van der Waals surface area contributed by atoms with Crippen molar-refractivity contribution in [3.63, 3.8) is 0 Å². The van der Waals surface area contributed by atoms with E-state index in [1.54, 1.807) is 13.0 Å². The summed E-state index contributed by atoms with van der Waals surface area (Å²) < 4.78 is 0. The van der Waals surface area contributed by atoms with Crippen LogP contribution in [-0.4, -0.2) is 11.2 Å². The normalized spacial score (nSPS) is 22.2. The molecule has 2 atom stereocenters. The van der Waals surface area contributed by atoms with E-state index in [4.69, 9.17) is 0 Å². The molecule has 0 aromatic carbocycles. The summed E-state index contributed by atoms with van der Waals surface area (Å²) in [7, 11) is 0. The fourth-order valence-electron chi connectivity index (χ4n) is 1.95. The maximum absolute atomic E-state index is 9.59. The van der Waals surface area contributed by atoms with Crippen LogP contribution < -0.4 is 0 Å². The summed E-state index contributed by atoms with van der Waals surface area (Å²) >= 11 is 0. The molecule has 14 heavy (non-hydrogen) atoms. The molecule has 0 radical (unpaired) electrons. The van der Waals surface area contributed by atoms with Crippen molar-refractivity contribution in [1.82, 2.24) is 0 Å². The van der Waals surface area contributed by atoms with E-state index in [2.05, 4.69) is 20.1 Å². The van der Waals surface area contributed by atoms with E-state index < -0.39 is 6.10 Å². The van der Waals surface area contributed by atoms with Crippen LogP contribution in [0.4, 0.5) is 0 Å². The maximum Gasteiger partial charge on any atom is 0.0764 e. The molecule has 1 N–H and O–H groups in total. The molecule has 0 amide bonds. The van der Waals surface area contributed by atoms with E-state index in [1.165, 1.54) is 12.8 Å². The lowest BCUT2D eigenvalue weighted by molar-refractivity contribution is 0.233. The third-order valence-electron chi connectivity index (χ3n) is 3.04. The van der Waals surface area contributed by atoms with Gasteiger partial charge in [-0.3, -0.25) is 0 Å². The first-order valence-electron chi connectivity index (χ1n) is 5.28. The van der Waals surface area contributed by atoms with Gasteiger partial charge in [0.25, 0.3) is 0 Å². The van der Waals surface area contributed by atoms with Crippen LogP contribution in [0.15, 0.2) is 36.5 Å². The van der Waals surface area contributed by atoms with Gasteiger partial charge in [-0.2, -0.15) is 0 Å². The molecule has 78 valence electrons. The van der Waals surface area contributed by atoms with Crippen LogP contribution in [-0.2, 0) is 0 Å². The van der Waals surface area contributed by atoms with Crippen molar-refractivity contribution in [3.8, 4) is 0 Å². The van der Waals surface area contributed by atoms with Gasteiger partial charge in [0.2, 0.25) is 0 Å². The maximum atomic E-state index is 9.59. The number of rotatable bonds is 5. The summed E-state index contributed by atoms with van der Waals surface area (Å²) in [5, 5.41) is 9.59. The highest BCUT2D eigenvalue weighted by molar-refractivity contribution is 5.36. The Morgan fingerprint density at radius 3 is 2.00 bits per heavy atom. The van der Waals surface area contributed by atoms with Crippen molar-refractivity contribution in [3.05, 3.63) is 36.5 Å². The van der Waals surface area contributed by atoms with Crippen LogP contribution in [0.1, 0.15) is 26.7 Å². The molecule has 0 saturated heterocycles. The Balaban J connectivity index is 2.94. The molecule has 1 nitrogen and oxygen atoms in total. The largest absolute Gasteiger partial charge is 0.389 e. The number of aliphatic hydroxyl groups excluding tert-OH is 1. The summed E-state index contributed by atoms with van der Waals surface area (Å²) in [6, 6.07) is 0. The molecule has 1 fully saturated rings. The van der Waals surface area contributed by atoms with E-state index in [-0.39, 0.29) is 0 Å². The molecule has 0 aromatic heterocycles. The highest BCUT2D eigenvalue weighted by Crippen LogP contribution is 2.41. The molecule has 0 heterocycles. The van der Waals surface area contributed by atoms with Crippen LogP contribution in [0.2, 0.25) is 0 Å². The minimum atomic E-state index is -0.443. The zero-order valence-electron chi connectivity index (χ0n) is 9.16. The van der Waals surface area contributed by atoms with Crippen LogP contribution in [0.3, 0.4) is 0 Å². The lowest BCUT2D eigenvalue weighted by atomic mass is 9.90. The first-order chi connectivity index (χ1) is 6.61. The van der Waals surface area contributed by atoms with Gasteiger partial charge in [0.15, 0.2) is 0 Å². The standard InChI is InChI=1S/C13H20O/c1-5-12(9(3)11-7-8-11)13(6-2)10(4)14/h5-6,9-11,14H,1-2,7-8H2,3-4H3/b13-12-. The van der Waals surface area contributed by atoms with Gasteiger partial charge < -0.3 is 5.11 Å². The Morgan fingerprint density at radius 1 is 1.21 bits per heavy atom. The van der Waals surface area contributed by atoms with Crippen LogP contribution in [0.25, 0.3) is 0 Å². The van der Waals surface area contributed by atoms with E-state index in [0.29, 0.717) is 5.92 Å². The number of hydrogen-bond donors (Lipinski definition) is 1. The van der Waals surface area contributed by atoms with Crippen molar-refractivity contribution >= 4 is 0 Å². The Kier molecular flexibility index (Phi) is 3.70. The van der Waals surface area contributed by atoms with Gasteiger partial charge in [-0.15, -0.1) is 0 Å². The lowest BCUT2D eigenvalue weighted by Gasteiger charge is -2.17. The predicted octanol–water partition coefficient (Wildman–Crippen LogP) is 3.08. The number of hydrogen-bond acceptors (Lipinski definition) is 1. The van der Waals surface area contributed by atoms with Gasteiger partial charge in [-0.05, 0) is 42.7 Å². The van der Waals surface area contributed by atoms with Crippen LogP contribution in [0.5, 0.6) is 0 Å². The van der Waals surface area contributed by atoms with E-state index in [9.17, 15) is 5.11 Å². The topological polar surface area (TPSA) is 20.2 Å². The Labute approximate surface area is 86.8 Å². The van der Waals surface area contributed by atoms with Crippen molar-refractivity contribution in [2.24, 2.45) is 11.8 Å². The Hall–Kier alpha value is -0.820. The predicted molar refractivity (Wildman–Crippen MR) is 61.0 cm³/mol. The van der Waals surface area contributed by atoms with Crippen molar-refractivity contribution in [2.75, 3.05) is 0 Å². The third kappa shape index (κ3) is 2.36. The van der Waals surface area contributed by atoms with Crippen LogP contribution in [0, 0.1) is 11.8 Å². The highest BCUT2D eigenvalue weighted by Gasteiger charge is 2.30. The summed E-state index contributed by atoms with van der Waals surface area (Å²) in [6.07, 6.45) is 5.79. The number of aliphatic hydroxyl groups is 1. The molecule has 0 spiro atoms. The number of allylic oxidation sites excluding steroid dienone is 2. The first-order valence-corrected chi connectivity index (χ1v) is 5.28. The molecule has 1 aliphatic rings. The van der Waals surface area contributed by atoms with E-state index >= 15 is 0 Å². The second-order valence-electron chi connectivity index (χ2n) is 4.12. The van der Waals surface area contributed by atoms with Gasteiger partial charge in [0.05, 0.1) is 6.10 Å². The van der Waals surface area contributed by atoms with Crippen molar-refractivity contribution in [1.29, 1.82) is 0 Å². The second-order valence-corrected chi connectivity index (χ2v) is 4.12. The minimum Gasteiger partial charge on any atom is -0.389 e. The van der Waals surface area contributed by atoms with Gasteiger partial charge in [-0.1, -0.05) is 32.2 Å². The summed E-state index contributed by atoms with van der Waals surface area (Å²) in [5.41, 5.74) is 2.09. The average molecular weight is 192 g/mol. The molecule has 1 heteroatoms. The van der Waals surface area contributed by atoms with Gasteiger partial charge in [-0.25, -0.2) is 0 Å². The molecule has 1 rings (SSSR count). The Morgan fingerprint density at radius 2 is 1.71 bits per heavy atom. The monoisotopic (exact) mass is 192 g/mol. The molecule has 1 saturated carbocycles. The second kappa shape index (κ2) is 4.61. The molecular weight excluding hydrogens is 172 g/mol. The summed E-state index contributed by atoms with van der Waals surface area (Å²) in [4.78, 5) is 0. The van der Waals surface area contributed by atoms with Crippen LogP contribution >= 0.6 is 0 Å². The fourth-order valence-corrected chi connectivity index (χ4v) is 1.95. The Bertz CT molecular complexity index is 256. The van der Waals surface area contributed by atoms with Gasteiger partial charge in [0.1, 0.15) is 0 Å². The van der Waals surface area contributed by atoms with E-state index in [0.717, 1.165) is 17.1 Å². The van der Waals surface area contributed by atoms with Crippen molar-refractivity contribution in [2.45, 2.75) is 32.8 Å². The molecule has 0 bridgehead atoms. The molecule has 0 aliphatic heterocycles. The first kappa shape index (κ1) is 11.3. The molecule has 0 aromatic rings. The minimum absolute atomic E-state index is 0.443. The quantitative estimate of drug-likeness (QED) is 0.664. The molecule has 2 unspecified atom stereocenters. The van der Waals surface area contributed by atoms with Crippen molar-refractivity contribution < 1.29 is 5.11 Å². The fraction of sp³-hybridized carbons (Fsp3) is 0.538.